The van der Waals surface area contributed by atoms with Gasteiger partial charge in [-0.3, -0.25) is 9.89 Å². The van der Waals surface area contributed by atoms with Gasteiger partial charge in [0.1, 0.15) is 5.75 Å². The largest absolute Gasteiger partial charge is 0.483 e. The van der Waals surface area contributed by atoms with E-state index in [9.17, 15) is 4.79 Å². The number of rotatable bonds is 4. The molecule has 1 amide bonds. The van der Waals surface area contributed by atoms with E-state index in [4.69, 9.17) is 4.74 Å². The Balaban J connectivity index is 1.91. The average molecular weight is 259 g/mol. The minimum Gasteiger partial charge on any atom is -0.483 e. The van der Waals surface area contributed by atoms with Crippen molar-refractivity contribution in [3.05, 3.63) is 41.1 Å². The number of hydrogen-bond donors (Lipinski definition) is 2. The van der Waals surface area contributed by atoms with E-state index in [-0.39, 0.29) is 12.5 Å². The Bertz CT molecular complexity index is 590. The molecule has 1 heterocycles. The third kappa shape index (κ3) is 3.58. The molecule has 0 aliphatic carbocycles. The fourth-order valence-corrected chi connectivity index (χ4v) is 1.67. The van der Waals surface area contributed by atoms with Gasteiger partial charge in [-0.1, -0.05) is 12.1 Å². The first kappa shape index (κ1) is 13.1. The van der Waals surface area contributed by atoms with Crippen LogP contribution in [0.15, 0.2) is 24.3 Å². The number of H-pyrrole nitrogens is 1. The summed E-state index contributed by atoms with van der Waals surface area (Å²) in [4.78, 5) is 11.7. The predicted molar refractivity (Wildman–Crippen MR) is 73.4 cm³/mol. The zero-order valence-electron chi connectivity index (χ0n) is 11.3. The van der Waals surface area contributed by atoms with E-state index in [2.05, 4.69) is 15.5 Å². The highest BCUT2D eigenvalue weighted by molar-refractivity contribution is 5.90. The van der Waals surface area contributed by atoms with Crippen LogP contribution in [0.4, 0.5) is 5.82 Å². The van der Waals surface area contributed by atoms with Gasteiger partial charge in [-0.2, -0.15) is 5.10 Å². The number of anilines is 1. The third-order valence-corrected chi connectivity index (χ3v) is 2.68. The lowest BCUT2D eigenvalue weighted by Crippen LogP contribution is -2.20. The van der Waals surface area contributed by atoms with Crippen LogP contribution in [0.5, 0.6) is 5.75 Å². The van der Waals surface area contributed by atoms with Crippen molar-refractivity contribution in [1.29, 1.82) is 0 Å². The van der Waals surface area contributed by atoms with Crippen LogP contribution in [0.3, 0.4) is 0 Å². The molecule has 2 N–H and O–H groups in total. The third-order valence-electron chi connectivity index (χ3n) is 2.68. The summed E-state index contributed by atoms with van der Waals surface area (Å²) in [5.41, 5.74) is 3.00. The lowest BCUT2D eigenvalue weighted by molar-refractivity contribution is -0.118. The van der Waals surface area contributed by atoms with Crippen LogP contribution in [0.25, 0.3) is 0 Å². The molecular formula is C14H17N3O2. The van der Waals surface area contributed by atoms with E-state index in [1.54, 1.807) is 6.07 Å². The van der Waals surface area contributed by atoms with E-state index in [1.165, 1.54) is 0 Å². The molecule has 19 heavy (non-hydrogen) atoms. The second-order valence-corrected chi connectivity index (χ2v) is 4.54. The number of nitrogens with zero attached hydrogens (tertiary/aromatic N) is 1. The molecule has 0 fully saturated rings. The zero-order chi connectivity index (χ0) is 13.8. The van der Waals surface area contributed by atoms with Gasteiger partial charge < -0.3 is 10.1 Å². The van der Waals surface area contributed by atoms with Gasteiger partial charge in [-0.25, -0.2) is 0 Å². The Morgan fingerprint density at radius 1 is 1.32 bits per heavy atom. The van der Waals surface area contributed by atoms with E-state index >= 15 is 0 Å². The average Bonchev–Trinajstić information content (AvgIpc) is 2.76. The maximum atomic E-state index is 11.7. The Kier molecular flexibility index (Phi) is 3.85. The highest BCUT2D eigenvalue weighted by atomic mass is 16.5. The number of carbonyl (C=O) groups excluding carboxylic acids is 1. The van der Waals surface area contributed by atoms with Crippen molar-refractivity contribution < 1.29 is 9.53 Å². The highest BCUT2D eigenvalue weighted by Gasteiger charge is 2.07. The summed E-state index contributed by atoms with van der Waals surface area (Å²) < 4.78 is 5.51. The Morgan fingerprint density at radius 2 is 2.11 bits per heavy atom. The molecule has 100 valence electrons. The maximum absolute atomic E-state index is 11.7. The van der Waals surface area contributed by atoms with Crippen molar-refractivity contribution in [3.8, 4) is 5.75 Å². The molecule has 0 radical (unpaired) electrons. The minimum atomic E-state index is -0.229. The molecule has 0 aliphatic heterocycles. The number of aromatic amines is 1. The molecule has 0 bridgehead atoms. The van der Waals surface area contributed by atoms with Crippen LogP contribution in [0.1, 0.15) is 16.8 Å². The van der Waals surface area contributed by atoms with Crippen LogP contribution in [0.2, 0.25) is 0 Å². The second-order valence-electron chi connectivity index (χ2n) is 4.54. The molecule has 1 aromatic heterocycles. The fourth-order valence-electron chi connectivity index (χ4n) is 1.67. The molecule has 0 unspecified atom stereocenters. The number of carbonyl (C=O) groups is 1. The van der Waals surface area contributed by atoms with Gasteiger partial charge in [0, 0.05) is 11.8 Å². The Labute approximate surface area is 112 Å². The van der Waals surface area contributed by atoms with Crippen molar-refractivity contribution in [2.45, 2.75) is 20.8 Å². The number of benzene rings is 1. The molecule has 0 atom stereocenters. The number of aromatic nitrogens is 2. The van der Waals surface area contributed by atoms with Crippen LogP contribution >= 0.6 is 0 Å². The predicted octanol–water partition coefficient (Wildman–Crippen LogP) is 2.35. The summed E-state index contributed by atoms with van der Waals surface area (Å²) in [6.07, 6.45) is 0. The number of nitrogens with one attached hydrogen (secondary N) is 2. The second kappa shape index (κ2) is 5.56. The monoisotopic (exact) mass is 259 g/mol. The van der Waals surface area contributed by atoms with E-state index in [0.29, 0.717) is 5.82 Å². The summed E-state index contributed by atoms with van der Waals surface area (Å²) in [7, 11) is 0. The van der Waals surface area contributed by atoms with Gasteiger partial charge in [0.05, 0.1) is 0 Å². The van der Waals surface area contributed by atoms with Crippen LogP contribution in [-0.2, 0) is 4.79 Å². The van der Waals surface area contributed by atoms with Gasteiger partial charge >= 0.3 is 0 Å². The van der Waals surface area contributed by atoms with Crippen molar-refractivity contribution in [3.63, 3.8) is 0 Å². The summed E-state index contributed by atoms with van der Waals surface area (Å²) in [6.45, 7) is 5.77. The number of aryl methyl sites for hydroxylation is 3. The highest BCUT2D eigenvalue weighted by Crippen LogP contribution is 2.18. The Morgan fingerprint density at radius 3 is 2.79 bits per heavy atom. The van der Waals surface area contributed by atoms with Gasteiger partial charge in [0.15, 0.2) is 12.4 Å². The lowest BCUT2D eigenvalue weighted by Gasteiger charge is -2.09. The Hall–Kier alpha value is -2.30. The summed E-state index contributed by atoms with van der Waals surface area (Å²) in [5, 5.41) is 9.35. The first-order valence-corrected chi connectivity index (χ1v) is 6.06. The molecule has 1 aromatic carbocycles. The molecule has 0 saturated heterocycles. The van der Waals surface area contributed by atoms with Crippen molar-refractivity contribution >= 4 is 11.7 Å². The first-order chi connectivity index (χ1) is 9.04. The van der Waals surface area contributed by atoms with E-state index in [0.717, 1.165) is 22.6 Å². The quantitative estimate of drug-likeness (QED) is 0.885. The van der Waals surface area contributed by atoms with Crippen LogP contribution in [0, 0.1) is 20.8 Å². The minimum absolute atomic E-state index is 0.0315. The molecule has 2 rings (SSSR count). The van der Waals surface area contributed by atoms with Gasteiger partial charge in [-0.05, 0) is 38.0 Å². The van der Waals surface area contributed by atoms with Gasteiger partial charge in [0.2, 0.25) is 0 Å². The molecule has 0 aliphatic rings. The maximum Gasteiger partial charge on any atom is 0.263 e. The first-order valence-electron chi connectivity index (χ1n) is 6.06. The number of amides is 1. The molecule has 5 heteroatoms. The van der Waals surface area contributed by atoms with Crippen molar-refractivity contribution in [2.24, 2.45) is 0 Å². The van der Waals surface area contributed by atoms with Crippen LogP contribution < -0.4 is 10.1 Å². The molecule has 0 saturated carbocycles. The summed E-state index contributed by atoms with van der Waals surface area (Å²) in [5.74, 6) is 1.01. The summed E-state index contributed by atoms with van der Waals surface area (Å²) >= 11 is 0. The van der Waals surface area contributed by atoms with E-state index < -0.39 is 0 Å². The fraction of sp³-hybridized carbons (Fsp3) is 0.286. The normalized spacial score (nSPS) is 10.3. The van der Waals surface area contributed by atoms with Crippen LogP contribution in [-0.4, -0.2) is 22.7 Å². The molecule has 5 nitrogen and oxygen atoms in total. The van der Waals surface area contributed by atoms with E-state index in [1.807, 2.05) is 39.0 Å². The van der Waals surface area contributed by atoms with Crippen molar-refractivity contribution in [1.82, 2.24) is 10.2 Å². The smallest absolute Gasteiger partial charge is 0.263 e. The number of hydrogen-bond acceptors (Lipinski definition) is 3. The topological polar surface area (TPSA) is 67.0 Å². The van der Waals surface area contributed by atoms with Gasteiger partial charge in [0.25, 0.3) is 5.91 Å². The lowest BCUT2D eigenvalue weighted by atomic mass is 10.1. The number of ether oxygens (including phenoxy) is 1. The summed E-state index contributed by atoms with van der Waals surface area (Å²) in [6, 6.07) is 7.66. The molecule has 0 spiro atoms. The standard InChI is InChI=1S/C14H17N3O2/c1-9-4-5-10(2)12(6-9)19-8-14(18)15-13-7-11(3)16-17-13/h4-7H,8H2,1-3H3,(H2,15,16,17,18). The zero-order valence-corrected chi connectivity index (χ0v) is 11.3. The van der Waals surface area contributed by atoms with Gasteiger partial charge in [-0.15, -0.1) is 0 Å². The SMILES string of the molecule is Cc1ccc(C)c(OCC(=O)Nc2cc(C)[nH]n2)c1. The van der Waals surface area contributed by atoms with Crippen molar-refractivity contribution in [2.75, 3.05) is 11.9 Å². The molecule has 2 aromatic rings. The molecular weight excluding hydrogens is 242 g/mol.